The van der Waals surface area contributed by atoms with Crippen LogP contribution >= 0.6 is 0 Å². The van der Waals surface area contributed by atoms with Crippen LogP contribution in [0.4, 0.5) is 0 Å². The van der Waals surface area contributed by atoms with Crippen molar-refractivity contribution in [1.82, 2.24) is 4.90 Å². The summed E-state index contributed by atoms with van der Waals surface area (Å²) in [5, 5.41) is 0. The van der Waals surface area contributed by atoms with E-state index < -0.39 is 0 Å². The summed E-state index contributed by atoms with van der Waals surface area (Å²) in [7, 11) is 4.03. The van der Waals surface area contributed by atoms with Gasteiger partial charge in [0.25, 0.3) is 0 Å². The Balaban J connectivity index is 0. The van der Waals surface area contributed by atoms with E-state index in [1.807, 2.05) is 40.1 Å². The standard InChI is InChI=1S/C12H19N.C2H6/c1-6-9-10-12(13(4)5)11(7-2)8-3;1-2/h7-10H,2-3,6H2,1,4-5H3;1-2H3/b10-9-;. The molecule has 0 atom stereocenters. The molecule has 1 nitrogen and oxygen atoms in total. The Bertz CT molecular complexity index is 222. The van der Waals surface area contributed by atoms with E-state index in [1.54, 1.807) is 0 Å². The van der Waals surface area contributed by atoms with E-state index in [4.69, 9.17) is 0 Å². The van der Waals surface area contributed by atoms with Crippen LogP contribution in [0.1, 0.15) is 27.2 Å². The first-order valence-electron chi connectivity index (χ1n) is 5.50. The molecule has 0 heterocycles. The van der Waals surface area contributed by atoms with Gasteiger partial charge in [0.15, 0.2) is 0 Å². The Labute approximate surface area is 95.5 Å². The maximum absolute atomic E-state index is 3.75. The molecule has 0 unspecified atom stereocenters. The maximum atomic E-state index is 3.75. The molecule has 0 aliphatic rings. The lowest BCUT2D eigenvalue weighted by Crippen LogP contribution is -2.10. The van der Waals surface area contributed by atoms with E-state index in [9.17, 15) is 0 Å². The third-order valence-electron chi connectivity index (χ3n) is 1.73. The van der Waals surface area contributed by atoms with Crippen LogP contribution in [0, 0.1) is 0 Å². The van der Waals surface area contributed by atoms with Gasteiger partial charge < -0.3 is 4.90 Å². The van der Waals surface area contributed by atoms with E-state index >= 15 is 0 Å². The fraction of sp³-hybridized carbons (Fsp3) is 0.429. The Kier molecular flexibility index (Phi) is 11.7. The molecule has 0 saturated carbocycles. The van der Waals surface area contributed by atoms with Gasteiger partial charge in [0.05, 0.1) is 0 Å². The second kappa shape index (κ2) is 10.8. The highest BCUT2D eigenvalue weighted by molar-refractivity contribution is 5.38. The zero-order chi connectivity index (χ0) is 12.3. The predicted octanol–water partition coefficient (Wildman–Crippen LogP) is 4.17. The summed E-state index contributed by atoms with van der Waals surface area (Å²) < 4.78 is 0. The van der Waals surface area contributed by atoms with Gasteiger partial charge in [-0.05, 0) is 18.1 Å². The minimum absolute atomic E-state index is 1.04. The molecule has 0 N–H and O–H groups in total. The number of rotatable bonds is 5. The van der Waals surface area contributed by atoms with Crippen molar-refractivity contribution in [3.8, 4) is 0 Å². The minimum atomic E-state index is 1.04. The summed E-state index contributed by atoms with van der Waals surface area (Å²) in [5.41, 5.74) is 2.21. The number of nitrogens with zero attached hydrogens (tertiary/aromatic N) is 1. The van der Waals surface area contributed by atoms with Crippen molar-refractivity contribution in [2.24, 2.45) is 0 Å². The van der Waals surface area contributed by atoms with E-state index in [0.717, 1.165) is 17.7 Å². The van der Waals surface area contributed by atoms with Gasteiger partial charge in [-0.2, -0.15) is 0 Å². The first-order valence-corrected chi connectivity index (χ1v) is 5.50. The lowest BCUT2D eigenvalue weighted by molar-refractivity contribution is 0.526. The number of hydrogen-bond acceptors (Lipinski definition) is 1. The van der Waals surface area contributed by atoms with Gasteiger partial charge in [-0.25, -0.2) is 0 Å². The third kappa shape index (κ3) is 6.78. The minimum Gasteiger partial charge on any atom is -0.377 e. The van der Waals surface area contributed by atoms with Gasteiger partial charge in [0.2, 0.25) is 0 Å². The molecule has 0 amide bonds. The highest BCUT2D eigenvalue weighted by atomic mass is 15.1. The average Bonchev–Trinajstić information content (AvgIpc) is 2.26. The second-order valence-electron chi connectivity index (χ2n) is 2.95. The largest absolute Gasteiger partial charge is 0.377 e. The molecule has 0 aliphatic heterocycles. The van der Waals surface area contributed by atoms with Crippen molar-refractivity contribution in [2.75, 3.05) is 14.1 Å². The van der Waals surface area contributed by atoms with Crippen LogP contribution in [-0.4, -0.2) is 19.0 Å². The predicted molar refractivity (Wildman–Crippen MR) is 71.9 cm³/mol. The SMILES string of the molecule is C=CC(C=C)=C(/C=C\CC)N(C)C.CC. The van der Waals surface area contributed by atoms with Gasteiger partial charge >= 0.3 is 0 Å². The molecule has 15 heavy (non-hydrogen) atoms. The van der Waals surface area contributed by atoms with E-state index in [-0.39, 0.29) is 0 Å². The van der Waals surface area contributed by atoms with E-state index in [0.29, 0.717) is 0 Å². The molecule has 0 aromatic carbocycles. The van der Waals surface area contributed by atoms with Gasteiger partial charge in [-0.3, -0.25) is 0 Å². The quantitative estimate of drug-likeness (QED) is 0.612. The fourth-order valence-corrected chi connectivity index (χ4v) is 1.03. The maximum Gasteiger partial charge on any atom is 0.0430 e. The summed E-state index contributed by atoms with van der Waals surface area (Å²) in [6, 6.07) is 0. The molecule has 1 heteroatoms. The highest BCUT2D eigenvalue weighted by Crippen LogP contribution is 2.11. The van der Waals surface area contributed by atoms with E-state index in [1.165, 1.54) is 0 Å². The Morgan fingerprint density at radius 3 is 1.87 bits per heavy atom. The monoisotopic (exact) mass is 207 g/mol. The van der Waals surface area contributed by atoms with Crippen molar-refractivity contribution in [3.63, 3.8) is 0 Å². The first kappa shape index (κ1) is 16.2. The van der Waals surface area contributed by atoms with Crippen LogP contribution < -0.4 is 0 Å². The third-order valence-corrected chi connectivity index (χ3v) is 1.73. The zero-order valence-electron chi connectivity index (χ0n) is 10.9. The fourth-order valence-electron chi connectivity index (χ4n) is 1.03. The van der Waals surface area contributed by atoms with Crippen LogP contribution in [0.25, 0.3) is 0 Å². The molecule has 0 saturated heterocycles. The normalized spacial score (nSPS) is 8.87. The summed E-state index contributed by atoms with van der Waals surface area (Å²) in [6.07, 6.45) is 8.91. The second-order valence-corrected chi connectivity index (χ2v) is 2.95. The smallest absolute Gasteiger partial charge is 0.0430 e. The number of hydrogen-bond donors (Lipinski definition) is 0. The molecule has 0 aromatic heterocycles. The van der Waals surface area contributed by atoms with E-state index in [2.05, 4.69) is 37.1 Å². The van der Waals surface area contributed by atoms with Crippen LogP contribution in [0.2, 0.25) is 0 Å². The Morgan fingerprint density at radius 2 is 1.60 bits per heavy atom. The Hall–Kier alpha value is -1.24. The first-order chi connectivity index (χ1) is 7.17. The number of allylic oxidation sites excluding steroid dienone is 5. The summed E-state index contributed by atoms with van der Waals surface area (Å²) in [4.78, 5) is 2.06. The van der Waals surface area contributed by atoms with Crippen molar-refractivity contribution >= 4 is 0 Å². The molecule has 0 rings (SSSR count). The lowest BCUT2D eigenvalue weighted by Gasteiger charge is -2.16. The molecule has 0 aliphatic carbocycles. The molecule has 0 bridgehead atoms. The van der Waals surface area contributed by atoms with Gasteiger partial charge in [0, 0.05) is 19.8 Å². The average molecular weight is 207 g/mol. The molecular weight excluding hydrogens is 182 g/mol. The van der Waals surface area contributed by atoms with Crippen molar-refractivity contribution in [2.45, 2.75) is 27.2 Å². The van der Waals surface area contributed by atoms with Crippen molar-refractivity contribution in [3.05, 3.63) is 48.7 Å². The molecule has 86 valence electrons. The summed E-state index contributed by atoms with van der Waals surface area (Å²) in [6.45, 7) is 13.6. The van der Waals surface area contributed by atoms with Gasteiger partial charge in [0.1, 0.15) is 0 Å². The van der Waals surface area contributed by atoms with Crippen LogP contribution in [-0.2, 0) is 0 Å². The summed E-state index contributed by atoms with van der Waals surface area (Å²) >= 11 is 0. The van der Waals surface area contributed by atoms with Crippen molar-refractivity contribution < 1.29 is 0 Å². The van der Waals surface area contributed by atoms with Crippen LogP contribution in [0.15, 0.2) is 48.7 Å². The molecule has 0 fully saturated rings. The molecule has 0 spiro atoms. The number of likely N-dealkylation sites (N-methyl/N-ethyl adjacent to an activating group) is 1. The van der Waals surface area contributed by atoms with Crippen LogP contribution in [0.3, 0.4) is 0 Å². The molecule has 0 radical (unpaired) electrons. The zero-order valence-corrected chi connectivity index (χ0v) is 10.9. The molecular formula is C14H25N. The van der Waals surface area contributed by atoms with Crippen molar-refractivity contribution in [1.29, 1.82) is 0 Å². The Morgan fingerprint density at radius 1 is 1.13 bits per heavy atom. The lowest BCUT2D eigenvalue weighted by atomic mass is 10.1. The van der Waals surface area contributed by atoms with Crippen LogP contribution in [0.5, 0.6) is 0 Å². The molecule has 0 aromatic rings. The summed E-state index contributed by atoms with van der Waals surface area (Å²) in [5.74, 6) is 0. The highest BCUT2D eigenvalue weighted by Gasteiger charge is 1.98. The topological polar surface area (TPSA) is 3.24 Å². The van der Waals surface area contributed by atoms with Gasteiger partial charge in [-0.1, -0.05) is 52.2 Å². The van der Waals surface area contributed by atoms with Gasteiger partial charge in [-0.15, -0.1) is 0 Å².